The van der Waals surface area contributed by atoms with Crippen molar-refractivity contribution in [2.45, 2.75) is 38.8 Å². The molecule has 3 N–H and O–H groups in total. The number of carbonyl (C=O) groups is 1. The molecule has 0 saturated carbocycles. The molecular weight excluding hydrogens is 254 g/mol. The van der Waals surface area contributed by atoms with E-state index in [9.17, 15) is 4.79 Å². The van der Waals surface area contributed by atoms with E-state index in [1.54, 1.807) is 4.68 Å². The second kappa shape index (κ2) is 8.01. The van der Waals surface area contributed by atoms with Crippen molar-refractivity contribution >= 4 is 5.91 Å². The predicted molar refractivity (Wildman–Crippen MR) is 80.1 cm³/mol. The lowest BCUT2D eigenvalue weighted by Crippen LogP contribution is -2.43. The fourth-order valence-corrected chi connectivity index (χ4v) is 2.29. The molecule has 114 valence electrons. The first kappa shape index (κ1) is 16.7. The lowest BCUT2D eigenvalue weighted by molar-refractivity contribution is -0.122. The number of hydrogen-bond donors (Lipinski definition) is 2. The van der Waals surface area contributed by atoms with Crippen LogP contribution in [0, 0.1) is 0 Å². The molecule has 0 spiro atoms. The normalized spacial score (nSPS) is 14.3. The van der Waals surface area contributed by atoms with Gasteiger partial charge < -0.3 is 11.1 Å². The molecule has 0 radical (unpaired) electrons. The zero-order valence-corrected chi connectivity index (χ0v) is 13.0. The van der Waals surface area contributed by atoms with Crippen LogP contribution in [0.2, 0.25) is 0 Å². The zero-order valence-electron chi connectivity index (χ0n) is 13.0. The monoisotopic (exact) mass is 281 g/mol. The van der Waals surface area contributed by atoms with Gasteiger partial charge in [0.2, 0.25) is 5.91 Å². The summed E-state index contributed by atoms with van der Waals surface area (Å²) >= 11 is 0. The molecular formula is C14H27N5O. The minimum absolute atomic E-state index is 0.000997. The lowest BCUT2D eigenvalue weighted by Gasteiger charge is -2.31. The van der Waals surface area contributed by atoms with Gasteiger partial charge in [0.05, 0.1) is 18.8 Å². The number of amides is 1. The zero-order chi connectivity index (χ0) is 15.1. The van der Waals surface area contributed by atoms with Crippen molar-refractivity contribution in [3.63, 3.8) is 0 Å². The van der Waals surface area contributed by atoms with Gasteiger partial charge in [-0.3, -0.25) is 14.4 Å². The van der Waals surface area contributed by atoms with E-state index in [0.29, 0.717) is 13.1 Å². The summed E-state index contributed by atoms with van der Waals surface area (Å²) in [6, 6.07) is -0.0238. The van der Waals surface area contributed by atoms with Crippen LogP contribution in [0.15, 0.2) is 12.4 Å². The second-order valence-corrected chi connectivity index (χ2v) is 5.23. The average molecular weight is 281 g/mol. The van der Waals surface area contributed by atoms with Crippen molar-refractivity contribution in [2.75, 3.05) is 20.1 Å². The quantitative estimate of drug-likeness (QED) is 0.734. The van der Waals surface area contributed by atoms with Crippen LogP contribution in [0.25, 0.3) is 0 Å². The maximum Gasteiger partial charge on any atom is 0.234 e. The number of likely N-dealkylation sites (N-methyl/N-ethyl adjacent to an activating group) is 1. The summed E-state index contributed by atoms with van der Waals surface area (Å²) in [4.78, 5) is 13.8. The van der Waals surface area contributed by atoms with Crippen molar-refractivity contribution in [2.24, 2.45) is 12.8 Å². The number of nitrogens with two attached hydrogens (primary N) is 1. The third-order valence-electron chi connectivity index (χ3n) is 3.38. The fraction of sp³-hybridized carbons (Fsp3) is 0.714. The van der Waals surface area contributed by atoms with Crippen LogP contribution < -0.4 is 11.1 Å². The number of nitrogens with zero attached hydrogens (tertiary/aromatic N) is 3. The van der Waals surface area contributed by atoms with E-state index in [4.69, 9.17) is 5.73 Å². The third-order valence-corrected chi connectivity index (χ3v) is 3.38. The summed E-state index contributed by atoms with van der Waals surface area (Å²) in [5.74, 6) is 0.0338. The molecule has 0 saturated heterocycles. The first-order valence-corrected chi connectivity index (χ1v) is 7.20. The molecule has 20 heavy (non-hydrogen) atoms. The highest BCUT2D eigenvalue weighted by Gasteiger charge is 2.25. The molecule has 0 aromatic carbocycles. The van der Waals surface area contributed by atoms with Gasteiger partial charge in [0.15, 0.2) is 0 Å². The third kappa shape index (κ3) is 4.61. The van der Waals surface area contributed by atoms with Crippen LogP contribution in [0.5, 0.6) is 0 Å². The second-order valence-electron chi connectivity index (χ2n) is 5.23. The van der Waals surface area contributed by atoms with Crippen molar-refractivity contribution in [3.05, 3.63) is 18.0 Å². The Labute approximate surface area is 121 Å². The molecule has 6 nitrogen and oxygen atoms in total. The Morgan fingerprint density at radius 1 is 1.55 bits per heavy atom. The number of aromatic nitrogens is 2. The number of rotatable bonds is 8. The number of aryl methyl sites for hydroxylation is 1. The highest BCUT2D eigenvalue weighted by molar-refractivity contribution is 5.78. The Kier molecular flexibility index (Phi) is 6.67. The van der Waals surface area contributed by atoms with Gasteiger partial charge in [-0.15, -0.1) is 0 Å². The summed E-state index contributed by atoms with van der Waals surface area (Å²) in [6.45, 7) is 5.14. The molecule has 1 aromatic heterocycles. The molecule has 0 fully saturated rings. The minimum atomic E-state index is -0.0248. The highest BCUT2D eigenvalue weighted by Crippen LogP contribution is 2.23. The van der Waals surface area contributed by atoms with Crippen LogP contribution in [0.1, 0.15) is 38.3 Å². The Morgan fingerprint density at radius 2 is 2.25 bits per heavy atom. The Balaban J connectivity index is 2.75. The Bertz CT molecular complexity index is 417. The predicted octanol–water partition coefficient (Wildman–Crippen LogP) is 0.657. The largest absolute Gasteiger partial charge is 0.355 e. The van der Waals surface area contributed by atoms with Crippen molar-refractivity contribution in [1.82, 2.24) is 20.0 Å². The molecule has 0 bridgehead atoms. The first-order chi connectivity index (χ1) is 9.49. The SMILES string of the molecule is CCCNC(=O)CN(C)C(c1cnn(C)c1)C(N)CC. The molecule has 1 amide bonds. The summed E-state index contributed by atoms with van der Waals surface area (Å²) in [5, 5.41) is 7.09. The van der Waals surface area contributed by atoms with E-state index >= 15 is 0 Å². The van der Waals surface area contributed by atoms with Crippen molar-refractivity contribution in [3.8, 4) is 0 Å². The van der Waals surface area contributed by atoms with E-state index in [1.807, 2.05) is 38.3 Å². The van der Waals surface area contributed by atoms with Gasteiger partial charge in [-0.2, -0.15) is 5.10 Å². The Hall–Kier alpha value is -1.40. The Morgan fingerprint density at radius 3 is 2.75 bits per heavy atom. The molecule has 2 unspecified atom stereocenters. The van der Waals surface area contributed by atoms with Gasteiger partial charge in [0.1, 0.15) is 0 Å². The van der Waals surface area contributed by atoms with E-state index in [1.165, 1.54) is 0 Å². The van der Waals surface area contributed by atoms with Crippen LogP contribution in [-0.2, 0) is 11.8 Å². The number of carbonyl (C=O) groups excluding carboxylic acids is 1. The van der Waals surface area contributed by atoms with Gasteiger partial charge in [-0.1, -0.05) is 13.8 Å². The van der Waals surface area contributed by atoms with E-state index in [2.05, 4.69) is 17.3 Å². The maximum absolute atomic E-state index is 11.8. The summed E-state index contributed by atoms with van der Waals surface area (Å²) < 4.78 is 1.76. The fourth-order valence-electron chi connectivity index (χ4n) is 2.29. The number of hydrogen-bond acceptors (Lipinski definition) is 4. The standard InChI is InChI=1S/C14H27N5O/c1-5-7-16-13(20)10-18(3)14(12(15)6-2)11-8-17-19(4)9-11/h8-9,12,14H,5-7,10,15H2,1-4H3,(H,16,20). The summed E-state index contributed by atoms with van der Waals surface area (Å²) in [6.07, 6.45) is 5.57. The lowest BCUT2D eigenvalue weighted by atomic mass is 9.99. The topological polar surface area (TPSA) is 76.2 Å². The van der Waals surface area contributed by atoms with Crippen LogP contribution in [0.3, 0.4) is 0 Å². The first-order valence-electron chi connectivity index (χ1n) is 7.20. The highest BCUT2D eigenvalue weighted by atomic mass is 16.2. The molecule has 1 aromatic rings. The van der Waals surface area contributed by atoms with Crippen molar-refractivity contribution < 1.29 is 4.79 Å². The van der Waals surface area contributed by atoms with Crippen LogP contribution in [-0.4, -0.2) is 46.8 Å². The molecule has 0 aliphatic rings. The number of nitrogens with one attached hydrogen (secondary N) is 1. The van der Waals surface area contributed by atoms with Gasteiger partial charge in [0, 0.05) is 31.4 Å². The van der Waals surface area contributed by atoms with E-state index in [0.717, 1.165) is 18.4 Å². The van der Waals surface area contributed by atoms with Crippen LogP contribution in [0.4, 0.5) is 0 Å². The van der Waals surface area contributed by atoms with E-state index < -0.39 is 0 Å². The van der Waals surface area contributed by atoms with Crippen molar-refractivity contribution in [1.29, 1.82) is 0 Å². The average Bonchev–Trinajstić information content (AvgIpc) is 2.82. The smallest absolute Gasteiger partial charge is 0.234 e. The van der Waals surface area contributed by atoms with Gasteiger partial charge in [0.25, 0.3) is 0 Å². The summed E-state index contributed by atoms with van der Waals surface area (Å²) in [7, 11) is 3.81. The molecule has 1 rings (SSSR count). The molecule has 6 heteroatoms. The maximum atomic E-state index is 11.8. The summed E-state index contributed by atoms with van der Waals surface area (Å²) in [5.41, 5.74) is 7.27. The minimum Gasteiger partial charge on any atom is -0.355 e. The van der Waals surface area contributed by atoms with Crippen LogP contribution >= 0.6 is 0 Å². The van der Waals surface area contributed by atoms with Gasteiger partial charge in [-0.05, 0) is 19.9 Å². The van der Waals surface area contributed by atoms with Gasteiger partial charge >= 0.3 is 0 Å². The molecule has 2 atom stereocenters. The van der Waals surface area contributed by atoms with Gasteiger partial charge in [-0.25, -0.2) is 0 Å². The molecule has 1 heterocycles. The van der Waals surface area contributed by atoms with E-state index in [-0.39, 0.29) is 18.0 Å². The molecule has 0 aliphatic heterocycles. The molecule has 0 aliphatic carbocycles.